The van der Waals surface area contributed by atoms with Crippen molar-refractivity contribution in [2.24, 2.45) is 0 Å². The number of rotatable bonds is 26. The zero-order valence-corrected chi connectivity index (χ0v) is 57.7. The number of aromatic hydroxyl groups is 8. The van der Waals surface area contributed by atoms with Crippen molar-refractivity contribution in [2.75, 3.05) is 45.2 Å². The number of hydrogen-bond acceptors (Lipinski definition) is 23. The van der Waals surface area contributed by atoms with Gasteiger partial charge in [0.1, 0.15) is 63.5 Å². The van der Waals surface area contributed by atoms with Gasteiger partial charge in [0.25, 0.3) is 0 Å². The summed E-state index contributed by atoms with van der Waals surface area (Å²) in [6, 6.07) is 35.7. The number of carbonyl (C=O) groups excluding carboxylic acids is 1. The van der Waals surface area contributed by atoms with E-state index < -0.39 is 30.5 Å². The molecule has 0 saturated heterocycles. The minimum Gasteiger partial charge on any atom is -0.508 e. The third-order valence-electron chi connectivity index (χ3n) is 14.3. The first-order valence-corrected chi connectivity index (χ1v) is 31.8. The van der Waals surface area contributed by atoms with E-state index in [1.165, 1.54) is 60.2 Å². The lowest BCUT2D eigenvalue weighted by atomic mass is 10.0. The Morgan fingerprint density at radius 2 is 0.825 bits per heavy atom. The number of phenolic OH excluding ortho intramolecular Hbond substituents is 6. The van der Waals surface area contributed by atoms with Crippen LogP contribution in [0.15, 0.2) is 133 Å². The second kappa shape index (κ2) is 40.4. The summed E-state index contributed by atoms with van der Waals surface area (Å²) >= 11 is 0. The van der Waals surface area contributed by atoms with Crippen molar-refractivity contribution in [3.05, 3.63) is 184 Å². The molecule has 534 valence electrons. The lowest BCUT2D eigenvalue weighted by Crippen LogP contribution is -2.38. The first kappa shape index (κ1) is 82.9. The van der Waals surface area contributed by atoms with Crippen LogP contribution in [-0.4, -0.2) is 157 Å². The quantitative estimate of drug-likeness (QED) is 0.0181. The maximum absolute atomic E-state index is 10.5. The number of aliphatic hydroxyl groups is 7. The van der Waals surface area contributed by atoms with Crippen LogP contribution in [0.3, 0.4) is 0 Å². The van der Waals surface area contributed by atoms with Crippen LogP contribution in [0.1, 0.15) is 157 Å². The lowest BCUT2D eigenvalue weighted by Gasteiger charge is -2.23. The summed E-state index contributed by atoms with van der Waals surface area (Å²) in [5.41, 5.74) is 5.61. The Bertz CT molecular complexity index is 3320. The maximum Gasteiger partial charge on any atom is 0.211 e. The molecule has 5 unspecified atom stereocenters. The molecule has 21 N–H and O–H groups in total. The second-order valence-corrected chi connectivity index (χ2v) is 26.5. The lowest BCUT2D eigenvalue weighted by molar-refractivity contribution is -0.105. The summed E-state index contributed by atoms with van der Waals surface area (Å²) < 4.78 is 5.14. The van der Waals surface area contributed by atoms with Gasteiger partial charge in [-0.3, -0.25) is 4.79 Å². The molecule has 0 aliphatic carbocycles. The van der Waals surface area contributed by atoms with E-state index in [2.05, 4.69) is 36.9 Å². The summed E-state index contributed by atoms with van der Waals surface area (Å²) in [4.78, 5) is 14.5. The minimum atomic E-state index is -0.819. The van der Waals surface area contributed by atoms with Crippen LogP contribution in [0.2, 0.25) is 0 Å². The number of phenols is 7. The molecular weight excluding hydrogens is 1250 g/mol. The first-order chi connectivity index (χ1) is 45.4. The third-order valence-corrected chi connectivity index (χ3v) is 14.3. The molecule has 0 aliphatic rings. The smallest absolute Gasteiger partial charge is 0.211 e. The first-order valence-electron chi connectivity index (χ1n) is 31.8. The van der Waals surface area contributed by atoms with Crippen LogP contribution in [-0.2, 0) is 30.8 Å². The highest BCUT2D eigenvalue weighted by Crippen LogP contribution is 2.29. The maximum atomic E-state index is 10.5. The number of methoxy groups -OCH3 is 1. The number of nitrogens with zero attached hydrogens (tertiary/aromatic N) is 1. The monoisotopic (exact) mass is 1350 g/mol. The zero-order chi connectivity index (χ0) is 72.8. The van der Waals surface area contributed by atoms with Gasteiger partial charge in [-0.15, -0.1) is 0 Å². The van der Waals surface area contributed by atoms with Gasteiger partial charge in [-0.05, 0) is 207 Å². The summed E-state index contributed by atoms with van der Waals surface area (Å²) in [6.45, 7) is 23.4. The molecule has 0 bridgehead atoms. The number of aromatic nitrogens is 1. The van der Waals surface area contributed by atoms with Gasteiger partial charge in [0.2, 0.25) is 6.41 Å². The molecule has 0 radical (unpaired) electrons. The Balaban J connectivity index is 0.000000319. The number of ether oxygens (including phenoxy) is 1. The molecular formula is C73H105N7O17. The van der Waals surface area contributed by atoms with E-state index in [9.17, 15) is 71.2 Å². The number of carbonyl (C=O) groups is 1. The predicted octanol–water partition coefficient (Wildman–Crippen LogP) is 7.81. The van der Waals surface area contributed by atoms with Crippen LogP contribution >= 0.6 is 0 Å². The van der Waals surface area contributed by atoms with E-state index in [0.717, 1.165) is 24.2 Å². The van der Waals surface area contributed by atoms with Crippen molar-refractivity contribution in [1.82, 2.24) is 31.6 Å². The molecule has 0 fully saturated rings. The topological polar surface area (TPSA) is 415 Å². The Hall–Kier alpha value is -8.34. The molecule has 1 amide bonds. The van der Waals surface area contributed by atoms with Crippen LogP contribution in [0.25, 0.3) is 0 Å². The molecule has 24 nitrogen and oxygen atoms in total. The van der Waals surface area contributed by atoms with Gasteiger partial charge in [-0.25, -0.2) is 4.98 Å². The average molecular weight is 1350 g/mol. The Morgan fingerprint density at radius 1 is 0.433 bits per heavy atom. The average Bonchev–Trinajstić information content (AvgIpc) is 1.11. The predicted molar refractivity (Wildman–Crippen MR) is 375 cm³/mol. The van der Waals surface area contributed by atoms with Crippen LogP contribution < -0.4 is 36.6 Å². The molecule has 0 aliphatic heterocycles. The van der Waals surface area contributed by atoms with Crippen molar-refractivity contribution in [2.45, 2.75) is 161 Å². The zero-order valence-electron chi connectivity index (χ0n) is 57.7. The molecule has 7 aromatic rings. The number of nitrogens with one attached hydrogen (secondary N) is 6. The van der Waals surface area contributed by atoms with Crippen LogP contribution in [0.5, 0.6) is 51.7 Å². The van der Waals surface area contributed by atoms with Crippen molar-refractivity contribution < 1.29 is 86.1 Å². The van der Waals surface area contributed by atoms with E-state index in [4.69, 9.17) is 14.9 Å². The molecule has 6 aromatic carbocycles. The number of hydrogen-bond donors (Lipinski definition) is 21. The highest BCUT2D eigenvalue weighted by molar-refractivity contribution is 5.75. The van der Waals surface area contributed by atoms with Gasteiger partial charge in [-0.1, -0.05) is 36.4 Å². The summed E-state index contributed by atoms with van der Waals surface area (Å²) in [5, 5.41) is 162. The number of benzene rings is 6. The number of anilines is 1. The number of aliphatic hydroxyl groups excluding tert-OH is 7. The van der Waals surface area contributed by atoms with Crippen molar-refractivity contribution in [3.63, 3.8) is 0 Å². The van der Waals surface area contributed by atoms with Crippen molar-refractivity contribution >= 4 is 12.1 Å². The summed E-state index contributed by atoms with van der Waals surface area (Å²) in [7, 11) is 1.64. The van der Waals surface area contributed by atoms with Crippen molar-refractivity contribution in [1.29, 1.82) is 0 Å². The molecule has 0 spiro atoms. The van der Waals surface area contributed by atoms with Crippen LogP contribution in [0, 0.1) is 0 Å². The molecule has 7 rings (SSSR count). The fraction of sp³-hybridized carbons (Fsp3) is 0.425. The SMILES string of the molecule is CC(C)(C)NCC(O)c1cc(O)cc(O)c1.CC(C)(C)NCC(O)c1ccc(O)c(CO)c1.CC(C)(C)NCC(O)c1ccc(O)c(CO)n1.CC(Cc1ccc(O)cc1)NCC(O)c1cc(O)cc(O)c1.COc1ccc(C[C@@H](C)NC[C@H](O)c2ccc(O)c(NC=O)c2)cc1. The van der Waals surface area contributed by atoms with E-state index >= 15 is 0 Å². The van der Waals surface area contributed by atoms with Gasteiger partial charge < -0.3 is 113 Å². The standard InChI is InChI=1S/C19H24N2O4.C17H21NO4.C13H21NO3.C12H20N2O3.C12H19NO3/c1-13(9-14-3-6-16(25-2)7-4-14)20-11-19(24)15-5-8-18(23)17(10-15)21-12-22;1-11(6-12-2-4-14(19)5-3-12)18-10-17(22)13-7-15(20)9-16(21)8-13;1-13(2,3)14-7-12(17)9-4-5-11(16)10(6-9)8-15;1-12(2,3)13-6-11(17)8-4-5-10(16)9(7-15)14-8;1-12(2,3)13-7-11(16)8-4-9(14)6-10(15)5-8/h3-8,10,12-13,19-20,23-24H,9,11H2,1-2H3,(H,21,22);2-5,7-9,11,17-22H,6,10H2,1H3;4-6,12,14-17H,7-8H2,1-3H3;4-5,11,13,15-17H,6-7H2,1-3H3;4-6,11,13-16H,7H2,1-3H3/t13-,19+;;;;/m1..../s1. The molecule has 24 heteroatoms. The Kier molecular flexibility index (Phi) is 34.5. The van der Waals surface area contributed by atoms with Gasteiger partial charge >= 0.3 is 0 Å². The van der Waals surface area contributed by atoms with E-state index in [1.807, 2.05) is 113 Å². The molecule has 1 aromatic heterocycles. The van der Waals surface area contributed by atoms with E-state index in [0.29, 0.717) is 72.6 Å². The van der Waals surface area contributed by atoms with Gasteiger partial charge in [0.05, 0.1) is 56.1 Å². The Labute approximate surface area is 569 Å². The highest BCUT2D eigenvalue weighted by Gasteiger charge is 2.20. The molecule has 7 atom stereocenters. The van der Waals surface area contributed by atoms with E-state index in [1.54, 1.807) is 49.6 Å². The minimum absolute atomic E-state index is 0.0381. The highest BCUT2D eigenvalue weighted by atomic mass is 16.5. The summed E-state index contributed by atoms with van der Waals surface area (Å²) in [6.07, 6.45) is -1.66. The normalized spacial score (nSPS) is 13.6. The number of pyridine rings is 1. The van der Waals surface area contributed by atoms with Crippen LogP contribution in [0.4, 0.5) is 5.69 Å². The summed E-state index contributed by atoms with van der Waals surface area (Å²) in [5.74, 6) is 0.755. The van der Waals surface area contributed by atoms with E-state index in [-0.39, 0.29) is 99.3 Å². The van der Waals surface area contributed by atoms with Crippen molar-refractivity contribution in [3.8, 4) is 51.7 Å². The fourth-order valence-electron chi connectivity index (χ4n) is 8.97. The number of amides is 1. The fourth-order valence-corrected chi connectivity index (χ4v) is 8.97. The largest absolute Gasteiger partial charge is 0.508 e. The van der Waals surface area contributed by atoms with Gasteiger partial charge in [-0.2, -0.15) is 0 Å². The van der Waals surface area contributed by atoms with Gasteiger partial charge in [0, 0.05) is 79.1 Å². The molecule has 1 heterocycles. The number of β-amino-alcohol motifs (C(OH)–C–C–N with tert-alkyl or cyclic N) is 3. The Morgan fingerprint density at radius 3 is 1.25 bits per heavy atom. The molecule has 97 heavy (non-hydrogen) atoms. The second-order valence-electron chi connectivity index (χ2n) is 26.5. The molecule has 0 saturated carbocycles. The van der Waals surface area contributed by atoms with Gasteiger partial charge in [0.15, 0.2) is 0 Å². The third kappa shape index (κ3) is 33.0.